The van der Waals surface area contributed by atoms with Gasteiger partial charge in [-0.25, -0.2) is 8.42 Å². The summed E-state index contributed by atoms with van der Waals surface area (Å²) in [6.07, 6.45) is 4.70. The quantitative estimate of drug-likeness (QED) is 0.798. The average molecular weight is 257 g/mol. The summed E-state index contributed by atoms with van der Waals surface area (Å²) >= 11 is 0. The molecule has 0 spiro atoms. The molecule has 0 aliphatic heterocycles. The zero-order valence-electron chi connectivity index (χ0n) is 9.51. The van der Waals surface area contributed by atoms with E-state index in [2.05, 4.69) is 9.71 Å². The molecule has 1 aliphatic rings. The van der Waals surface area contributed by atoms with Crippen LogP contribution in [-0.2, 0) is 16.6 Å². The minimum atomic E-state index is -3.34. The van der Waals surface area contributed by atoms with Gasteiger partial charge in [-0.15, -0.1) is 0 Å². The molecule has 0 atom stereocenters. The van der Waals surface area contributed by atoms with Crippen LogP contribution in [0.4, 0.5) is 5.69 Å². The first-order chi connectivity index (χ1) is 7.98. The Bertz CT molecular complexity index is 512. The number of nitrogens with zero attached hydrogens (tertiary/aromatic N) is 1. The molecule has 1 heterocycles. The number of anilines is 1. The van der Waals surface area contributed by atoms with E-state index < -0.39 is 10.0 Å². The Hall–Kier alpha value is -1.34. The molecular weight excluding hydrogens is 242 g/mol. The highest BCUT2D eigenvalue weighted by Crippen LogP contribution is 2.32. The molecule has 0 saturated heterocycles. The lowest BCUT2D eigenvalue weighted by Crippen LogP contribution is -2.12. The van der Waals surface area contributed by atoms with Gasteiger partial charge in [0.05, 0.1) is 24.3 Å². The molecule has 1 aromatic heterocycles. The van der Waals surface area contributed by atoms with Crippen molar-refractivity contribution < 1.29 is 13.2 Å². The largest absolute Gasteiger partial charge is 0.488 e. The molecule has 1 aliphatic carbocycles. The topological polar surface area (TPSA) is 94.3 Å². The molecular formula is C10H15N3O3S. The van der Waals surface area contributed by atoms with Gasteiger partial charge in [-0.3, -0.25) is 9.71 Å². The lowest BCUT2D eigenvalue weighted by molar-refractivity contribution is 0.304. The summed E-state index contributed by atoms with van der Waals surface area (Å²) in [6.45, 7) is 0.292. The van der Waals surface area contributed by atoms with E-state index in [9.17, 15) is 8.42 Å². The second-order valence-corrected chi connectivity index (χ2v) is 5.82. The molecule has 1 fully saturated rings. The van der Waals surface area contributed by atoms with Gasteiger partial charge in [0.25, 0.3) is 0 Å². The van der Waals surface area contributed by atoms with Crippen molar-refractivity contribution in [1.29, 1.82) is 0 Å². The smallest absolute Gasteiger partial charge is 0.229 e. The molecule has 2 rings (SSSR count). The van der Waals surface area contributed by atoms with E-state index in [0.717, 1.165) is 19.1 Å². The standard InChI is InChI=1S/C10H15N3O3S/c1-17(14,15)13-9-6-12-7(5-11)4-10(9)16-8-2-3-8/h4,6,8,13H,2-3,5,11H2,1H3. The molecule has 6 nitrogen and oxygen atoms in total. The van der Waals surface area contributed by atoms with Gasteiger partial charge >= 0.3 is 0 Å². The molecule has 1 saturated carbocycles. The Balaban J connectivity index is 2.28. The number of nitrogens with one attached hydrogen (secondary N) is 1. The van der Waals surface area contributed by atoms with Crippen LogP contribution >= 0.6 is 0 Å². The van der Waals surface area contributed by atoms with E-state index in [-0.39, 0.29) is 6.10 Å². The van der Waals surface area contributed by atoms with Crippen molar-refractivity contribution in [3.05, 3.63) is 18.0 Å². The summed E-state index contributed by atoms with van der Waals surface area (Å²) in [5.74, 6) is 0.494. The van der Waals surface area contributed by atoms with Gasteiger partial charge in [-0.2, -0.15) is 0 Å². The third kappa shape index (κ3) is 3.57. The van der Waals surface area contributed by atoms with Crippen LogP contribution in [0.3, 0.4) is 0 Å². The highest BCUT2D eigenvalue weighted by molar-refractivity contribution is 7.92. The van der Waals surface area contributed by atoms with Crippen LogP contribution in [0.1, 0.15) is 18.5 Å². The molecule has 0 aromatic carbocycles. The number of sulfonamides is 1. The first-order valence-electron chi connectivity index (χ1n) is 5.31. The molecule has 17 heavy (non-hydrogen) atoms. The average Bonchev–Trinajstić information content (AvgIpc) is 3.02. The third-order valence-corrected chi connectivity index (χ3v) is 2.84. The Labute approximate surface area is 100 Å². The zero-order valence-corrected chi connectivity index (χ0v) is 10.3. The number of rotatable bonds is 5. The predicted molar refractivity (Wildman–Crippen MR) is 64.2 cm³/mol. The van der Waals surface area contributed by atoms with E-state index in [4.69, 9.17) is 10.5 Å². The molecule has 1 aromatic rings. The Morgan fingerprint density at radius 1 is 1.59 bits per heavy atom. The number of aromatic nitrogens is 1. The van der Waals surface area contributed by atoms with E-state index in [1.165, 1.54) is 6.20 Å². The number of nitrogens with two attached hydrogens (primary N) is 1. The van der Waals surface area contributed by atoms with Gasteiger partial charge in [0.15, 0.2) is 0 Å². The fourth-order valence-corrected chi connectivity index (χ4v) is 1.88. The van der Waals surface area contributed by atoms with Gasteiger partial charge in [-0.05, 0) is 12.8 Å². The third-order valence-electron chi connectivity index (χ3n) is 2.25. The van der Waals surface area contributed by atoms with Crippen LogP contribution in [-0.4, -0.2) is 25.8 Å². The maximum Gasteiger partial charge on any atom is 0.229 e. The van der Waals surface area contributed by atoms with Crippen LogP contribution in [0.2, 0.25) is 0 Å². The Morgan fingerprint density at radius 3 is 2.82 bits per heavy atom. The minimum absolute atomic E-state index is 0.183. The number of hydrogen-bond donors (Lipinski definition) is 2. The Morgan fingerprint density at radius 2 is 2.29 bits per heavy atom. The fraction of sp³-hybridized carbons (Fsp3) is 0.500. The van der Waals surface area contributed by atoms with Gasteiger partial charge < -0.3 is 10.5 Å². The summed E-state index contributed by atoms with van der Waals surface area (Å²) in [6, 6.07) is 1.67. The number of pyridine rings is 1. The second-order valence-electron chi connectivity index (χ2n) is 4.07. The Kier molecular flexibility index (Phi) is 3.21. The van der Waals surface area contributed by atoms with Gasteiger partial charge in [0.2, 0.25) is 10.0 Å². The van der Waals surface area contributed by atoms with Crippen molar-refractivity contribution in [3.8, 4) is 5.75 Å². The highest BCUT2D eigenvalue weighted by atomic mass is 32.2. The molecule has 94 valence electrons. The molecule has 3 N–H and O–H groups in total. The number of hydrogen-bond acceptors (Lipinski definition) is 5. The van der Waals surface area contributed by atoms with Gasteiger partial charge in [0, 0.05) is 12.6 Å². The van der Waals surface area contributed by atoms with Crippen molar-refractivity contribution >= 4 is 15.7 Å². The highest BCUT2D eigenvalue weighted by Gasteiger charge is 2.25. The normalized spacial score (nSPS) is 15.6. The van der Waals surface area contributed by atoms with Crippen LogP contribution < -0.4 is 15.2 Å². The van der Waals surface area contributed by atoms with Crippen LogP contribution in [0, 0.1) is 0 Å². The summed E-state index contributed by atoms with van der Waals surface area (Å²) in [5, 5.41) is 0. The summed E-state index contributed by atoms with van der Waals surface area (Å²) in [4.78, 5) is 4.04. The lowest BCUT2D eigenvalue weighted by Gasteiger charge is -2.12. The maximum absolute atomic E-state index is 11.2. The summed E-state index contributed by atoms with van der Waals surface area (Å²) in [7, 11) is -3.34. The van der Waals surface area contributed by atoms with Crippen LogP contribution in [0.25, 0.3) is 0 Å². The van der Waals surface area contributed by atoms with Crippen molar-refractivity contribution in [3.63, 3.8) is 0 Å². The molecule has 7 heteroatoms. The number of ether oxygens (including phenoxy) is 1. The summed E-state index contributed by atoms with van der Waals surface area (Å²) in [5.41, 5.74) is 6.51. The van der Waals surface area contributed by atoms with E-state index in [1.54, 1.807) is 6.07 Å². The monoisotopic (exact) mass is 257 g/mol. The summed E-state index contributed by atoms with van der Waals surface area (Å²) < 4.78 is 30.4. The molecule has 0 radical (unpaired) electrons. The zero-order chi connectivity index (χ0) is 12.5. The predicted octanol–water partition coefficient (Wildman–Crippen LogP) is 0.453. The van der Waals surface area contributed by atoms with Gasteiger partial charge in [0.1, 0.15) is 11.4 Å². The maximum atomic E-state index is 11.2. The fourth-order valence-electron chi connectivity index (χ4n) is 1.33. The van der Waals surface area contributed by atoms with Crippen molar-refractivity contribution in [1.82, 2.24) is 4.98 Å². The molecule has 0 unspecified atom stereocenters. The van der Waals surface area contributed by atoms with Crippen LogP contribution in [0.15, 0.2) is 12.3 Å². The van der Waals surface area contributed by atoms with Crippen molar-refractivity contribution in [2.75, 3.05) is 11.0 Å². The van der Waals surface area contributed by atoms with E-state index in [0.29, 0.717) is 23.7 Å². The first-order valence-corrected chi connectivity index (χ1v) is 7.20. The molecule has 0 amide bonds. The molecule has 0 bridgehead atoms. The lowest BCUT2D eigenvalue weighted by atomic mass is 10.3. The second kappa shape index (κ2) is 4.50. The van der Waals surface area contributed by atoms with E-state index >= 15 is 0 Å². The van der Waals surface area contributed by atoms with Crippen molar-refractivity contribution in [2.24, 2.45) is 5.73 Å². The SMILES string of the molecule is CS(=O)(=O)Nc1cnc(CN)cc1OC1CC1. The van der Waals surface area contributed by atoms with E-state index in [1.807, 2.05) is 0 Å². The first kappa shape index (κ1) is 12.1. The minimum Gasteiger partial charge on any atom is -0.488 e. The van der Waals surface area contributed by atoms with Crippen LogP contribution in [0.5, 0.6) is 5.75 Å². The van der Waals surface area contributed by atoms with Crippen molar-refractivity contribution in [2.45, 2.75) is 25.5 Å². The van der Waals surface area contributed by atoms with Gasteiger partial charge in [-0.1, -0.05) is 0 Å².